The first-order valence-corrected chi connectivity index (χ1v) is 3.88. The Balaban J connectivity index is 3.06. The molecule has 0 aliphatic rings. The van der Waals surface area contributed by atoms with Crippen LogP contribution in [0.3, 0.4) is 0 Å². The van der Waals surface area contributed by atoms with E-state index in [-0.39, 0.29) is 6.04 Å². The second-order valence-electron chi connectivity index (χ2n) is 3.08. The Morgan fingerprint density at radius 2 is 1.78 bits per heavy atom. The molecule has 55 valence electrons. The van der Waals surface area contributed by atoms with E-state index in [9.17, 15) is 0 Å². The molecule has 0 spiro atoms. The molecule has 0 amide bonds. The Kier molecular flexibility index (Phi) is 4.78. The van der Waals surface area contributed by atoms with Crippen LogP contribution in [-0.4, -0.2) is 6.04 Å². The lowest BCUT2D eigenvalue weighted by Crippen LogP contribution is -2.07. The van der Waals surface area contributed by atoms with E-state index < -0.39 is 0 Å². The second-order valence-corrected chi connectivity index (χ2v) is 3.08. The Morgan fingerprint density at radius 1 is 1.22 bits per heavy atom. The van der Waals surface area contributed by atoms with Crippen molar-refractivity contribution >= 4 is 0 Å². The predicted molar refractivity (Wildman–Crippen MR) is 41.2 cm³/mol. The normalized spacial score (nSPS) is 14.3. The van der Waals surface area contributed by atoms with Crippen molar-refractivity contribution in [2.24, 2.45) is 5.92 Å². The van der Waals surface area contributed by atoms with Crippen LogP contribution in [0.2, 0.25) is 0 Å². The number of nitrogens with one attached hydrogen (secondary N) is 1. The highest BCUT2D eigenvalue weighted by molar-refractivity contribution is 4.58. The fourth-order valence-corrected chi connectivity index (χ4v) is 0.739. The van der Waals surface area contributed by atoms with Gasteiger partial charge in [0, 0.05) is 6.04 Å². The van der Waals surface area contributed by atoms with Crippen molar-refractivity contribution in [3.05, 3.63) is 0 Å². The molecule has 0 fully saturated rings. The number of rotatable bonds is 4. The van der Waals surface area contributed by atoms with E-state index in [1.807, 2.05) is 0 Å². The highest BCUT2D eigenvalue weighted by Crippen LogP contribution is 2.07. The van der Waals surface area contributed by atoms with Crippen LogP contribution in [0.25, 0.3) is 0 Å². The Labute approximate surface area is 58.6 Å². The molecule has 9 heavy (non-hydrogen) atoms. The van der Waals surface area contributed by atoms with Gasteiger partial charge in [-0.15, -0.1) is 0 Å². The monoisotopic (exact) mass is 128 g/mol. The fraction of sp³-hybridized carbons (Fsp3) is 1.00. The van der Waals surface area contributed by atoms with Crippen molar-refractivity contribution in [2.75, 3.05) is 0 Å². The minimum atomic E-state index is 0.187. The first-order valence-electron chi connectivity index (χ1n) is 3.88. The molecule has 1 N–H and O–H groups in total. The topological polar surface area (TPSA) is 23.8 Å². The van der Waals surface area contributed by atoms with E-state index in [1.165, 1.54) is 6.42 Å². The maximum atomic E-state index is 7.41. The highest BCUT2D eigenvalue weighted by Gasteiger charge is 2.00. The molecule has 0 saturated heterocycles. The molecule has 0 heterocycles. The average molecular weight is 128 g/mol. The van der Waals surface area contributed by atoms with Crippen molar-refractivity contribution in [3.8, 4) is 0 Å². The molecule has 1 atom stereocenters. The summed E-state index contributed by atoms with van der Waals surface area (Å²) in [6.45, 7) is 6.50. The van der Waals surface area contributed by atoms with Crippen molar-refractivity contribution in [2.45, 2.75) is 46.1 Å². The van der Waals surface area contributed by atoms with Crippen LogP contribution in [0, 0.1) is 5.92 Å². The van der Waals surface area contributed by atoms with Gasteiger partial charge in [-0.05, 0) is 25.2 Å². The minimum absolute atomic E-state index is 0.187. The van der Waals surface area contributed by atoms with Gasteiger partial charge >= 0.3 is 0 Å². The number of hydrogen-bond acceptors (Lipinski definition) is 0. The largest absolute Gasteiger partial charge is 0.255 e. The molecule has 1 unspecified atom stereocenters. The molecule has 0 aliphatic heterocycles. The van der Waals surface area contributed by atoms with Gasteiger partial charge in [-0.2, -0.15) is 0 Å². The van der Waals surface area contributed by atoms with Crippen LogP contribution in [0.5, 0.6) is 0 Å². The number of hydrogen-bond donors (Lipinski definition) is 0. The van der Waals surface area contributed by atoms with Crippen LogP contribution in [0.15, 0.2) is 0 Å². The summed E-state index contributed by atoms with van der Waals surface area (Å²) in [7, 11) is 0. The zero-order valence-electron chi connectivity index (χ0n) is 6.78. The second kappa shape index (κ2) is 4.80. The SMILES string of the molecule is CCC([NH])CCC(C)C. The lowest BCUT2D eigenvalue weighted by atomic mass is 10.0. The van der Waals surface area contributed by atoms with Crippen LogP contribution < -0.4 is 5.73 Å². The van der Waals surface area contributed by atoms with Crippen molar-refractivity contribution in [3.63, 3.8) is 0 Å². The molecule has 0 aliphatic carbocycles. The van der Waals surface area contributed by atoms with E-state index in [0.29, 0.717) is 0 Å². The maximum Gasteiger partial charge on any atom is 0.0210 e. The first kappa shape index (κ1) is 8.96. The third kappa shape index (κ3) is 5.84. The quantitative estimate of drug-likeness (QED) is 0.555. The summed E-state index contributed by atoms with van der Waals surface area (Å²) in [6.07, 6.45) is 3.29. The third-order valence-corrected chi connectivity index (χ3v) is 1.59. The maximum absolute atomic E-state index is 7.41. The van der Waals surface area contributed by atoms with Gasteiger partial charge in [0.15, 0.2) is 0 Å². The zero-order chi connectivity index (χ0) is 7.28. The van der Waals surface area contributed by atoms with Gasteiger partial charge in [0.1, 0.15) is 0 Å². The Bertz CT molecular complexity index is 59.6. The molecule has 0 saturated carbocycles. The highest BCUT2D eigenvalue weighted by atomic mass is 14.6. The van der Waals surface area contributed by atoms with Crippen LogP contribution >= 0.6 is 0 Å². The summed E-state index contributed by atoms with van der Waals surface area (Å²) < 4.78 is 0. The van der Waals surface area contributed by atoms with Gasteiger partial charge in [-0.25, -0.2) is 0 Å². The summed E-state index contributed by atoms with van der Waals surface area (Å²) in [4.78, 5) is 0. The summed E-state index contributed by atoms with van der Waals surface area (Å²) in [5, 5.41) is 0. The molecular formula is C8H18N. The van der Waals surface area contributed by atoms with Gasteiger partial charge in [0.05, 0.1) is 0 Å². The van der Waals surface area contributed by atoms with Crippen LogP contribution in [-0.2, 0) is 0 Å². The molecular weight excluding hydrogens is 110 g/mol. The van der Waals surface area contributed by atoms with Crippen LogP contribution in [0.1, 0.15) is 40.0 Å². The van der Waals surface area contributed by atoms with Gasteiger partial charge in [0.2, 0.25) is 0 Å². The minimum Gasteiger partial charge on any atom is -0.255 e. The average Bonchev–Trinajstić information content (AvgIpc) is 1.83. The summed E-state index contributed by atoms with van der Waals surface area (Å²) in [5.74, 6) is 0.768. The van der Waals surface area contributed by atoms with Gasteiger partial charge in [0.25, 0.3) is 0 Å². The molecule has 0 rings (SSSR count). The van der Waals surface area contributed by atoms with E-state index in [0.717, 1.165) is 18.8 Å². The van der Waals surface area contributed by atoms with E-state index in [1.54, 1.807) is 0 Å². The van der Waals surface area contributed by atoms with Crippen molar-refractivity contribution in [1.82, 2.24) is 5.73 Å². The molecule has 0 bridgehead atoms. The molecule has 0 aromatic rings. The smallest absolute Gasteiger partial charge is 0.0210 e. The lowest BCUT2D eigenvalue weighted by molar-refractivity contribution is 0.481. The zero-order valence-corrected chi connectivity index (χ0v) is 6.78. The molecule has 1 nitrogen and oxygen atoms in total. The van der Waals surface area contributed by atoms with Gasteiger partial charge in [-0.3, -0.25) is 5.73 Å². The predicted octanol–water partition coefficient (Wildman–Crippen LogP) is 2.48. The third-order valence-electron chi connectivity index (χ3n) is 1.59. The summed E-state index contributed by atoms with van der Waals surface area (Å²) in [5.41, 5.74) is 7.41. The Hall–Kier alpha value is -0.0400. The van der Waals surface area contributed by atoms with E-state index in [4.69, 9.17) is 5.73 Å². The van der Waals surface area contributed by atoms with E-state index >= 15 is 0 Å². The first-order chi connectivity index (χ1) is 4.16. The molecule has 1 heteroatoms. The molecule has 0 aromatic heterocycles. The molecule has 0 aromatic carbocycles. The summed E-state index contributed by atoms with van der Waals surface area (Å²) >= 11 is 0. The van der Waals surface area contributed by atoms with Crippen molar-refractivity contribution < 1.29 is 0 Å². The van der Waals surface area contributed by atoms with Gasteiger partial charge in [-0.1, -0.05) is 20.8 Å². The molecule has 1 radical (unpaired) electrons. The van der Waals surface area contributed by atoms with Gasteiger partial charge < -0.3 is 0 Å². The van der Waals surface area contributed by atoms with Crippen LogP contribution in [0.4, 0.5) is 0 Å². The fourth-order valence-electron chi connectivity index (χ4n) is 0.739. The standard InChI is InChI=1S/C8H18N/c1-4-8(9)6-5-7(2)3/h7-9H,4-6H2,1-3H3. The van der Waals surface area contributed by atoms with Crippen molar-refractivity contribution in [1.29, 1.82) is 0 Å². The summed E-state index contributed by atoms with van der Waals surface area (Å²) in [6, 6.07) is 0.187. The van der Waals surface area contributed by atoms with E-state index in [2.05, 4.69) is 20.8 Å². The lowest BCUT2D eigenvalue weighted by Gasteiger charge is -2.08. The Morgan fingerprint density at radius 3 is 2.11 bits per heavy atom.